The summed E-state index contributed by atoms with van der Waals surface area (Å²) in [6.45, 7) is 0. The summed E-state index contributed by atoms with van der Waals surface area (Å²) in [4.78, 5) is 10.6. The summed E-state index contributed by atoms with van der Waals surface area (Å²) in [6.07, 6.45) is 0. The Balaban J connectivity index is 2.53. The topological polar surface area (TPSA) is 104 Å². The smallest absolute Gasteiger partial charge is 0.358 e. The number of hydrogen-bond acceptors (Lipinski definition) is 5. The first-order chi connectivity index (χ1) is 8.00. The van der Waals surface area contributed by atoms with E-state index >= 15 is 0 Å². The molecule has 1 aromatic heterocycles. The SMILES string of the molecule is O=C(O)c1cc(-c2ccc(Cl)c(O)c2O)on1. The molecule has 1 aromatic carbocycles. The number of phenols is 2. The van der Waals surface area contributed by atoms with E-state index in [0.29, 0.717) is 0 Å². The predicted octanol–water partition coefficient (Wildman–Crippen LogP) is 2.10. The van der Waals surface area contributed by atoms with Crippen molar-refractivity contribution in [2.24, 2.45) is 0 Å². The lowest BCUT2D eigenvalue weighted by atomic mass is 10.1. The fourth-order valence-electron chi connectivity index (χ4n) is 1.26. The van der Waals surface area contributed by atoms with E-state index in [-0.39, 0.29) is 22.0 Å². The summed E-state index contributed by atoms with van der Waals surface area (Å²) >= 11 is 5.58. The second-order valence-corrected chi connectivity index (χ2v) is 3.58. The third-order valence-electron chi connectivity index (χ3n) is 2.10. The molecule has 0 aliphatic rings. The Hall–Kier alpha value is -2.21. The van der Waals surface area contributed by atoms with E-state index in [9.17, 15) is 15.0 Å². The molecule has 0 aliphatic carbocycles. The minimum absolute atomic E-state index is 0.0202. The molecule has 2 rings (SSSR count). The van der Waals surface area contributed by atoms with E-state index in [1.807, 2.05) is 0 Å². The molecule has 0 bridgehead atoms. The fourth-order valence-corrected chi connectivity index (χ4v) is 1.41. The standard InChI is InChI=1S/C10H6ClNO5/c11-5-2-1-4(8(13)9(5)14)7-3-6(10(15)16)12-17-7/h1-3,13-14H,(H,15,16). The number of aromatic nitrogens is 1. The molecule has 0 saturated carbocycles. The maximum Gasteiger partial charge on any atom is 0.358 e. The van der Waals surface area contributed by atoms with Crippen molar-refractivity contribution in [3.05, 3.63) is 28.9 Å². The number of carboxylic acid groups (broad SMARTS) is 1. The second kappa shape index (κ2) is 3.99. The summed E-state index contributed by atoms with van der Waals surface area (Å²) in [5.41, 5.74) is -0.194. The van der Waals surface area contributed by atoms with Crippen LogP contribution in [0.4, 0.5) is 0 Å². The molecule has 0 fully saturated rings. The first-order valence-corrected chi connectivity index (χ1v) is 4.79. The summed E-state index contributed by atoms with van der Waals surface area (Å²) in [5, 5.41) is 30.9. The fraction of sp³-hybridized carbons (Fsp3) is 0. The quantitative estimate of drug-likeness (QED) is 0.710. The van der Waals surface area contributed by atoms with Crippen LogP contribution >= 0.6 is 11.6 Å². The third-order valence-corrected chi connectivity index (χ3v) is 2.40. The molecule has 88 valence electrons. The van der Waals surface area contributed by atoms with Crippen LogP contribution in [-0.4, -0.2) is 26.4 Å². The van der Waals surface area contributed by atoms with Crippen LogP contribution in [0.1, 0.15) is 10.5 Å². The number of benzene rings is 1. The largest absolute Gasteiger partial charge is 0.504 e. The lowest BCUT2D eigenvalue weighted by Crippen LogP contribution is -1.94. The molecule has 0 amide bonds. The van der Waals surface area contributed by atoms with Crippen molar-refractivity contribution in [3.8, 4) is 22.8 Å². The zero-order chi connectivity index (χ0) is 12.6. The Morgan fingerprint density at radius 3 is 2.59 bits per heavy atom. The number of nitrogens with zero attached hydrogens (tertiary/aromatic N) is 1. The van der Waals surface area contributed by atoms with Gasteiger partial charge in [0.25, 0.3) is 0 Å². The number of hydrogen-bond donors (Lipinski definition) is 3. The van der Waals surface area contributed by atoms with Crippen LogP contribution in [0.3, 0.4) is 0 Å². The van der Waals surface area contributed by atoms with Gasteiger partial charge in [0.1, 0.15) is 0 Å². The molecule has 0 unspecified atom stereocenters. The zero-order valence-corrected chi connectivity index (χ0v) is 8.97. The molecular formula is C10H6ClNO5. The Morgan fingerprint density at radius 2 is 2.00 bits per heavy atom. The minimum atomic E-state index is -1.25. The molecule has 17 heavy (non-hydrogen) atoms. The zero-order valence-electron chi connectivity index (χ0n) is 8.22. The normalized spacial score (nSPS) is 10.4. The van der Waals surface area contributed by atoms with Gasteiger partial charge >= 0.3 is 5.97 Å². The van der Waals surface area contributed by atoms with Crippen molar-refractivity contribution in [2.75, 3.05) is 0 Å². The molecule has 0 atom stereocenters. The van der Waals surface area contributed by atoms with Gasteiger partial charge < -0.3 is 19.8 Å². The molecule has 0 radical (unpaired) electrons. The Labute approximate surface area is 99.7 Å². The Bertz CT molecular complexity index is 592. The Morgan fingerprint density at radius 1 is 1.29 bits per heavy atom. The number of phenolic OH excluding ortho intramolecular Hbond substituents is 2. The van der Waals surface area contributed by atoms with Gasteiger partial charge in [0.05, 0.1) is 10.6 Å². The van der Waals surface area contributed by atoms with Crippen molar-refractivity contribution < 1.29 is 24.6 Å². The average molecular weight is 256 g/mol. The average Bonchev–Trinajstić information content (AvgIpc) is 2.75. The number of rotatable bonds is 2. The molecule has 2 aromatic rings. The van der Waals surface area contributed by atoms with Gasteiger partial charge in [0.15, 0.2) is 23.0 Å². The molecule has 3 N–H and O–H groups in total. The summed E-state index contributed by atoms with van der Waals surface area (Å²) < 4.78 is 4.74. The minimum Gasteiger partial charge on any atom is -0.504 e. The van der Waals surface area contributed by atoms with Crippen molar-refractivity contribution in [1.82, 2.24) is 5.16 Å². The van der Waals surface area contributed by atoms with Gasteiger partial charge in [-0.05, 0) is 12.1 Å². The highest BCUT2D eigenvalue weighted by molar-refractivity contribution is 6.32. The van der Waals surface area contributed by atoms with E-state index in [2.05, 4.69) is 5.16 Å². The maximum absolute atomic E-state index is 10.6. The summed E-state index contributed by atoms with van der Waals surface area (Å²) in [7, 11) is 0. The maximum atomic E-state index is 10.6. The number of carbonyl (C=O) groups is 1. The van der Waals surface area contributed by atoms with Gasteiger partial charge in [-0.15, -0.1) is 0 Å². The number of aromatic hydroxyl groups is 2. The highest BCUT2D eigenvalue weighted by atomic mass is 35.5. The van der Waals surface area contributed by atoms with Gasteiger partial charge in [-0.1, -0.05) is 16.8 Å². The molecule has 7 heteroatoms. The van der Waals surface area contributed by atoms with Gasteiger partial charge in [-0.2, -0.15) is 0 Å². The van der Waals surface area contributed by atoms with E-state index < -0.39 is 17.5 Å². The first kappa shape index (κ1) is 11.3. The lowest BCUT2D eigenvalue weighted by Gasteiger charge is -2.03. The summed E-state index contributed by atoms with van der Waals surface area (Å²) in [5.74, 6) is -2.23. The highest BCUT2D eigenvalue weighted by Gasteiger charge is 2.18. The molecular weight excluding hydrogens is 250 g/mol. The molecule has 0 aliphatic heterocycles. The van der Waals surface area contributed by atoms with E-state index in [1.165, 1.54) is 12.1 Å². The van der Waals surface area contributed by atoms with Crippen molar-refractivity contribution >= 4 is 17.6 Å². The van der Waals surface area contributed by atoms with Crippen molar-refractivity contribution in [1.29, 1.82) is 0 Å². The van der Waals surface area contributed by atoms with Crippen LogP contribution in [-0.2, 0) is 0 Å². The van der Waals surface area contributed by atoms with E-state index in [4.69, 9.17) is 21.2 Å². The van der Waals surface area contributed by atoms with Crippen molar-refractivity contribution in [3.63, 3.8) is 0 Å². The number of carboxylic acids is 1. The van der Waals surface area contributed by atoms with Crippen molar-refractivity contribution in [2.45, 2.75) is 0 Å². The lowest BCUT2D eigenvalue weighted by molar-refractivity contribution is 0.0686. The van der Waals surface area contributed by atoms with Crippen LogP contribution in [0, 0.1) is 0 Å². The molecule has 0 saturated heterocycles. The summed E-state index contributed by atoms with van der Waals surface area (Å²) in [6, 6.07) is 3.85. The van der Waals surface area contributed by atoms with Crippen LogP contribution in [0.2, 0.25) is 5.02 Å². The monoisotopic (exact) mass is 255 g/mol. The van der Waals surface area contributed by atoms with E-state index in [1.54, 1.807) is 0 Å². The van der Waals surface area contributed by atoms with Crippen LogP contribution in [0.25, 0.3) is 11.3 Å². The van der Waals surface area contributed by atoms with Gasteiger partial charge in [0, 0.05) is 6.07 Å². The first-order valence-electron chi connectivity index (χ1n) is 4.41. The molecule has 1 heterocycles. The van der Waals surface area contributed by atoms with E-state index in [0.717, 1.165) is 6.07 Å². The Kier molecular flexibility index (Phi) is 2.64. The molecule has 6 nitrogen and oxygen atoms in total. The van der Waals surface area contributed by atoms with Gasteiger partial charge in [-0.25, -0.2) is 4.79 Å². The van der Waals surface area contributed by atoms with Gasteiger partial charge in [-0.3, -0.25) is 0 Å². The molecule has 0 spiro atoms. The van der Waals surface area contributed by atoms with Gasteiger partial charge in [0.2, 0.25) is 0 Å². The highest BCUT2D eigenvalue weighted by Crippen LogP contribution is 2.41. The van der Waals surface area contributed by atoms with Crippen LogP contribution in [0.5, 0.6) is 11.5 Å². The third kappa shape index (κ3) is 1.90. The predicted molar refractivity (Wildman–Crippen MR) is 57.2 cm³/mol. The van der Waals surface area contributed by atoms with Crippen LogP contribution in [0.15, 0.2) is 22.7 Å². The number of aromatic carboxylic acids is 1. The second-order valence-electron chi connectivity index (χ2n) is 3.17. The van der Waals surface area contributed by atoms with Crippen LogP contribution < -0.4 is 0 Å². The number of halogens is 1.